The molecule has 4 heteroatoms. The quantitative estimate of drug-likeness (QED) is 0.791. The Morgan fingerprint density at radius 1 is 1.33 bits per heavy atom. The van der Waals surface area contributed by atoms with Gasteiger partial charge in [0.15, 0.2) is 0 Å². The third-order valence-electron chi connectivity index (χ3n) is 3.01. The summed E-state index contributed by atoms with van der Waals surface area (Å²) in [7, 11) is 0. The average Bonchev–Trinajstić information content (AvgIpc) is 2.42. The maximum absolute atomic E-state index is 13.3. The predicted molar refractivity (Wildman–Crippen MR) is 69.3 cm³/mol. The largest absolute Gasteiger partial charge is 0.380 e. The summed E-state index contributed by atoms with van der Waals surface area (Å²) >= 11 is 0. The molecule has 0 aliphatic carbocycles. The Kier molecular flexibility index (Phi) is 5.42. The van der Waals surface area contributed by atoms with Gasteiger partial charge in [-0.05, 0) is 31.4 Å². The van der Waals surface area contributed by atoms with Crippen molar-refractivity contribution in [2.75, 3.05) is 31.7 Å². The molecule has 1 aliphatic rings. The minimum atomic E-state index is -0.229. The van der Waals surface area contributed by atoms with Gasteiger partial charge in [0.05, 0.1) is 25.0 Å². The maximum atomic E-state index is 13.3. The molecule has 1 N–H and O–H groups in total. The van der Waals surface area contributed by atoms with E-state index in [1.165, 1.54) is 12.5 Å². The molecule has 2 rings (SSSR count). The van der Waals surface area contributed by atoms with Crippen LogP contribution in [0.4, 0.5) is 10.1 Å². The van der Waals surface area contributed by atoms with E-state index in [0.29, 0.717) is 25.4 Å². The van der Waals surface area contributed by atoms with E-state index >= 15 is 0 Å². The zero-order valence-electron chi connectivity index (χ0n) is 10.5. The molecule has 3 nitrogen and oxygen atoms in total. The SMILES string of the molecule is Fc1ccccc1NCCOCC1CCCCO1. The predicted octanol–water partition coefficient (Wildman–Crippen LogP) is 2.82. The van der Waals surface area contributed by atoms with Crippen LogP contribution >= 0.6 is 0 Å². The normalized spacial score (nSPS) is 19.7. The van der Waals surface area contributed by atoms with Crippen molar-refractivity contribution in [3.05, 3.63) is 30.1 Å². The molecule has 1 aliphatic heterocycles. The first-order chi connectivity index (χ1) is 8.86. The van der Waals surface area contributed by atoms with E-state index in [-0.39, 0.29) is 11.9 Å². The van der Waals surface area contributed by atoms with Crippen molar-refractivity contribution in [2.45, 2.75) is 25.4 Å². The molecule has 1 atom stereocenters. The lowest BCUT2D eigenvalue weighted by molar-refractivity contribution is -0.0387. The lowest BCUT2D eigenvalue weighted by atomic mass is 10.1. The zero-order valence-corrected chi connectivity index (χ0v) is 10.5. The average molecular weight is 253 g/mol. The Bertz CT molecular complexity index is 353. The number of anilines is 1. The van der Waals surface area contributed by atoms with Crippen molar-refractivity contribution < 1.29 is 13.9 Å². The molecule has 1 aromatic carbocycles. The van der Waals surface area contributed by atoms with Crippen molar-refractivity contribution in [1.29, 1.82) is 0 Å². The Hall–Kier alpha value is -1.13. The highest BCUT2D eigenvalue weighted by Crippen LogP contribution is 2.13. The third kappa shape index (κ3) is 4.27. The highest BCUT2D eigenvalue weighted by Gasteiger charge is 2.13. The molecule has 0 saturated carbocycles. The van der Waals surface area contributed by atoms with Crippen molar-refractivity contribution in [1.82, 2.24) is 0 Å². The number of hydrogen-bond acceptors (Lipinski definition) is 3. The molecule has 1 saturated heterocycles. The number of rotatable bonds is 6. The highest BCUT2D eigenvalue weighted by atomic mass is 19.1. The summed E-state index contributed by atoms with van der Waals surface area (Å²) in [5.74, 6) is -0.229. The minimum Gasteiger partial charge on any atom is -0.380 e. The van der Waals surface area contributed by atoms with Crippen molar-refractivity contribution >= 4 is 5.69 Å². The smallest absolute Gasteiger partial charge is 0.146 e. The molecule has 1 heterocycles. The van der Waals surface area contributed by atoms with Gasteiger partial charge in [-0.25, -0.2) is 4.39 Å². The van der Waals surface area contributed by atoms with Gasteiger partial charge in [0.1, 0.15) is 5.82 Å². The Morgan fingerprint density at radius 3 is 3.00 bits per heavy atom. The van der Waals surface area contributed by atoms with Crippen molar-refractivity contribution in [2.24, 2.45) is 0 Å². The van der Waals surface area contributed by atoms with Gasteiger partial charge in [-0.15, -0.1) is 0 Å². The molecule has 0 radical (unpaired) electrons. The fraction of sp³-hybridized carbons (Fsp3) is 0.571. The van der Waals surface area contributed by atoms with Gasteiger partial charge in [0.2, 0.25) is 0 Å². The van der Waals surface area contributed by atoms with Crippen LogP contribution in [0, 0.1) is 5.82 Å². The minimum absolute atomic E-state index is 0.229. The molecule has 18 heavy (non-hydrogen) atoms. The highest BCUT2D eigenvalue weighted by molar-refractivity contribution is 5.44. The van der Waals surface area contributed by atoms with Gasteiger partial charge >= 0.3 is 0 Å². The van der Waals surface area contributed by atoms with E-state index < -0.39 is 0 Å². The van der Waals surface area contributed by atoms with Gasteiger partial charge < -0.3 is 14.8 Å². The van der Waals surface area contributed by atoms with Crippen LogP contribution in [0.1, 0.15) is 19.3 Å². The van der Waals surface area contributed by atoms with E-state index in [1.807, 2.05) is 6.07 Å². The fourth-order valence-electron chi connectivity index (χ4n) is 2.02. The van der Waals surface area contributed by atoms with Crippen LogP contribution in [0.2, 0.25) is 0 Å². The molecule has 0 aromatic heterocycles. The van der Waals surface area contributed by atoms with Gasteiger partial charge in [-0.3, -0.25) is 0 Å². The summed E-state index contributed by atoms with van der Waals surface area (Å²) in [4.78, 5) is 0. The summed E-state index contributed by atoms with van der Waals surface area (Å²) in [5, 5.41) is 3.01. The maximum Gasteiger partial charge on any atom is 0.146 e. The Morgan fingerprint density at radius 2 is 2.22 bits per heavy atom. The first kappa shape index (κ1) is 13.3. The molecular formula is C14H20FNO2. The first-order valence-electron chi connectivity index (χ1n) is 6.54. The number of hydrogen-bond donors (Lipinski definition) is 1. The van der Waals surface area contributed by atoms with Crippen molar-refractivity contribution in [3.63, 3.8) is 0 Å². The zero-order chi connectivity index (χ0) is 12.6. The van der Waals surface area contributed by atoms with Crippen LogP contribution in [0.15, 0.2) is 24.3 Å². The molecule has 100 valence electrons. The third-order valence-corrected chi connectivity index (χ3v) is 3.01. The van der Waals surface area contributed by atoms with Gasteiger partial charge in [0.25, 0.3) is 0 Å². The lowest BCUT2D eigenvalue weighted by Crippen LogP contribution is -2.25. The van der Waals surface area contributed by atoms with E-state index in [4.69, 9.17) is 9.47 Å². The van der Waals surface area contributed by atoms with Crippen LogP contribution in [0.5, 0.6) is 0 Å². The fourth-order valence-corrected chi connectivity index (χ4v) is 2.02. The van der Waals surface area contributed by atoms with E-state index in [9.17, 15) is 4.39 Å². The monoisotopic (exact) mass is 253 g/mol. The van der Waals surface area contributed by atoms with Crippen LogP contribution in [-0.2, 0) is 9.47 Å². The Balaban J connectivity index is 1.57. The molecule has 0 bridgehead atoms. The second-order valence-electron chi connectivity index (χ2n) is 4.47. The van der Waals surface area contributed by atoms with Crippen molar-refractivity contribution in [3.8, 4) is 0 Å². The van der Waals surface area contributed by atoms with E-state index in [0.717, 1.165) is 19.4 Å². The summed E-state index contributed by atoms with van der Waals surface area (Å²) in [6, 6.07) is 6.65. The topological polar surface area (TPSA) is 30.5 Å². The number of benzene rings is 1. The van der Waals surface area contributed by atoms with E-state index in [1.54, 1.807) is 12.1 Å². The van der Waals surface area contributed by atoms with E-state index in [2.05, 4.69) is 5.32 Å². The molecule has 0 amide bonds. The second-order valence-corrected chi connectivity index (χ2v) is 4.47. The lowest BCUT2D eigenvalue weighted by Gasteiger charge is -2.22. The molecule has 1 fully saturated rings. The summed E-state index contributed by atoms with van der Waals surface area (Å²) in [6.07, 6.45) is 3.71. The number of ether oxygens (including phenoxy) is 2. The second kappa shape index (κ2) is 7.34. The summed E-state index contributed by atoms with van der Waals surface area (Å²) in [6.45, 7) is 2.66. The van der Waals surface area contributed by atoms with Crippen LogP contribution < -0.4 is 5.32 Å². The molecule has 0 spiro atoms. The standard InChI is InChI=1S/C14H20FNO2/c15-13-6-1-2-7-14(13)16-8-10-17-11-12-5-3-4-9-18-12/h1-2,6-7,12,16H,3-5,8-11H2. The number of nitrogens with one attached hydrogen (secondary N) is 1. The number of halogens is 1. The van der Waals surface area contributed by atoms with Gasteiger partial charge in [0, 0.05) is 13.2 Å². The van der Waals surface area contributed by atoms with Crippen LogP contribution in [-0.4, -0.2) is 32.5 Å². The molecule has 1 aromatic rings. The Labute approximate surface area is 107 Å². The van der Waals surface area contributed by atoms with Gasteiger partial charge in [-0.2, -0.15) is 0 Å². The van der Waals surface area contributed by atoms with Crippen LogP contribution in [0.3, 0.4) is 0 Å². The first-order valence-corrected chi connectivity index (χ1v) is 6.54. The molecular weight excluding hydrogens is 233 g/mol. The molecule has 1 unspecified atom stereocenters. The van der Waals surface area contributed by atoms with Crippen LogP contribution in [0.25, 0.3) is 0 Å². The number of para-hydroxylation sites is 1. The summed E-state index contributed by atoms with van der Waals surface area (Å²) in [5.41, 5.74) is 0.523. The van der Waals surface area contributed by atoms with Gasteiger partial charge in [-0.1, -0.05) is 12.1 Å². The summed E-state index contributed by atoms with van der Waals surface area (Å²) < 4.78 is 24.3.